The summed E-state index contributed by atoms with van der Waals surface area (Å²) in [6.07, 6.45) is 0. The molecule has 0 aliphatic rings. The van der Waals surface area contributed by atoms with Gasteiger partial charge in [-0.2, -0.15) is 0 Å². The van der Waals surface area contributed by atoms with Gasteiger partial charge in [0.05, 0.1) is 5.52 Å². The number of pyridine rings is 2. The fourth-order valence-corrected chi connectivity index (χ4v) is 2.06. The highest BCUT2D eigenvalue weighted by molar-refractivity contribution is 6.05. The van der Waals surface area contributed by atoms with Gasteiger partial charge in [-0.05, 0) is 24.3 Å². The molecule has 0 bridgehead atoms. The zero-order chi connectivity index (χ0) is 15.1. The van der Waals surface area contributed by atoms with Gasteiger partial charge in [-0.15, -0.1) is 0 Å². The first kappa shape index (κ1) is 12.9. The van der Waals surface area contributed by atoms with Crippen molar-refractivity contribution in [1.29, 1.82) is 0 Å². The fourth-order valence-electron chi connectivity index (χ4n) is 2.06. The molecule has 2 heterocycles. The van der Waals surface area contributed by atoms with E-state index in [2.05, 4.69) is 9.97 Å². The summed E-state index contributed by atoms with van der Waals surface area (Å²) in [5.74, 6) is -3.07. The molecule has 0 amide bonds. The summed E-state index contributed by atoms with van der Waals surface area (Å²) in [5.41, 5.74) is -0.322. The van der Waals surface area contributed by atoms with E-state index in [1.165, 1.54) is 30.3 Å². The topological polar surface area (TPSA) is 100 Å². The Labute approximate surface area is 116 Å². The van der Waals surface area contributed by atoms with Crippen molar-refractivity contribution in [3.05, 3.63) is 47.5 Å². The summed E-state index contributed by atoms with van der Waals surface area (Å²) < 4.78 is 14.0. The van der Waals surface area contributed by atoms with E-state index >= 15 is 0 Å². The summed E-state index contributed by atoms with van der Waals surface area (Å²) >= 11 is 0. The van der Waals surface area contributed by atoms with E-state index in [1.807, 2.05) is 0 Å². The van der Waals surface area contributed by atoms with Crippen molar-refractivity contribution in [3.8, 4) is 0 Å². The molecule has 0 saturated carbocycles. The maximum absolute atomic E-state index is 14.0. The Morgan fingerprint density at radius 2 is 1.48 bits per heavy atom. The summed E-state index contributed by atoms with van der Waals surface area (Å²) in [6, 6.07) is 6.33. The maximum atomic E-state index is 14.0. The minimum atomic E-state index is -1.26. The van der Waals surface area contributed by atoms with Crippen LogP contribution in [0, 0.1) is 5.82 Å². The minimum absolute atomic E-state index is 0.0213. The van der Waals surface area contributed by atoms with E-state index in [1.54, 1.807) is 0 Å². The van der Waals surface area contributed by atoms with Crippen LogP contribution in [0.3, 0.4) is 0 Å². The third kappa shape index (κ3) is 2.04. The van der Waals surface area contributed by atoms with Crippen molar-refractivity contribution >= 4 is 33.7 Å². The summed E-state index contributed by atoms with van der Waals surface area (Å²) in [7, 11) is 0. The van der Waals surface area contributed by atoms with Crippen LogP contribution in [0.5, 0.6) is 0 Å². The molecule has 0 atom stereocenters. The lowest BCUT2D eigenvalue weighted by Crippen LogP contribution is -2.03. The van der Waals surface area contributed by atoms with Crippen molar-refractivity contribution in [2.45, 2.75) is 0 Å². The van der Waals surface area contributed by atoms with Crippen molar-refractivity contribution in [3.63, 3.8) is 0 Å². The predicted octanol–water partition coefficient (Wildman–Crippen LogP) is 2.32. The second kappa shape index (κ2) is 4.48. The van der Waals surface area contributed by atoms with Crippen LogP contribution >= 0.6 is 0 Å². The Kier molecular flexibility index (Phi) is 2.76. The number of halogens is 1. The van der Waals surface area contributed by atoms with Gasteiger partial charge in [-0.1, -0.05) is 6.07 Å². The third-order valence-electron chi connectivity index (χ3n) is 3.02. The molecule has 0 aliphatic heterocycles. The fraction of sp³-hybridized carbons (Fsp3) is 0. The molecule has 0 saturated heterocycles. The number of carboxylic acid groups (broad SMARTS) is 2. The van der Waals surface area contributed by atoms with Crippen LogP contribution in [0.1, 0.15) is 21.0 Å². The third-order valence-corrected chi connectivity index (χ3v) is 3.02. The average Bonchev–Trinajstić information content (AvgIpc) is 2.46. The first-order valence-electron chi connectivity index (χ1n) is 5.84. The number of aromatic nitrogens is 2. The molecule has 0 fully saturated rings. The lowest BCUT2D eigenvalue weighted by molar-refractivity contribution is 0.0680. The first-order valence-corrected chi connectivity index (χ1v) is 5.84. The number of rotatable bonds is 2. The number of nitrogens with zero attached hydrogens (tertiary/aromatic N) is 2. The van der Waals surface area contributed by atoms with Gasteiger partial charge in [-0.25, -0.2) is 23.9 Å². The maximum Gasteiger partial charge on any atom is 0.354 e. The number of hydrogen-bond acceptors (Lipinski definition) is 4. The molecule has 6 nitrogen and oxygen atoms in total. The van der Waals surface area contributed by atoms with Crippen molar-refractivity contribution in [2.75, 3.05) is 0 Å². The van der Waals surface area contributed by atoms with Gasteiger partial charge in [0.15, 0.2) is 0 Å². The Balaban J connectivity index is 2.47. The molecule has 0 radical (unpaired) electrons. The molecule has 104 valence electrons. The predicted molar refractivity (Wildman–Crippen MR) is 70.9 cm³/mol. The van der Waals surface area contributed by atoms with Crippen LogP contribution in [0.15, 0.2) is 30.3 Å². The van der Waals surface area contributed by atoms with Gasteiger partial charge in [0.25, 0.3) is 0 Å². The van der Waals surface area contributed by atoms with Gasteiger partial charge in [-0.3, -0.25) is 0 Å². The molecule has 0 unspecified atom stereocenters. The normalized spacial score (nSPS) is 10.9. The minimum Gasteiger partial charge on any atom is -0.477 e. The van der Waals surface area contributed by atoms with E-state index < -0.39 is 17.8 Å². The molecule has 2 aromatic heterocycles. The number of carbonyl (C=O) groups is 2. The second-order valence-corrected chi connectivity index (χ2v) is 4.33. The van der Waals surface area contributed by atoms with Crippen molar-refractivity contribution in [1.82, 2.24) is 9.97 Å². The monoisotopic (exact) mass is 286 g/mol. The van der Waals surface area contributed by atoms with Gasteiger partial charge < -0.3 is 10.2 Å². The molecular formula is C14H7FN2O4. The molecular weight excluding hydrogens is 279 g/mol. The summed E-state index contributed by atoms with van der Waals surface area (Å²) in [4.78, 5) is 29.7. The molecule has 2 N–H and O–H groups in total. The van der Waals surface area contributed by atoms with Gasteiger partial charge in [0.1, 0.15) is 22.7 Å². The van der Waals surface area contributed by atoms with E-state index in [4.69, 9.17) is 10.2 Å². The van der Waals surface area contributed by atoms with E-state index in [0.29, 0.717) is 5.39 Å². The highest BCUT2D eigenvalue weighted by Gasteiger charge is 2.14. The standard InChI is InChI=1S/C14H7FN2O4/c15-8-5-6-1-3-9(13(18)19)16-11(6)12-7(8)2-4-10(17-12)14(20)21/h1-5H,(H,18,19)(H,20,21). The van der Waals surface area contributed by atoms with Gasteiger partial charge >= 0.3 is 11.9 Å². The molecule has 1 aromatic carbocycles. The summed E-state index contributed by atoms with van der Waals surface area (Å²) in [5, 5.41) is 18.4. The first-order chi connectivity index (χ1) is 9.97. The lowest BCUT2D eigenvalue weighted by atomic mass is 10.1. The van der Waals surface area contributed by atoms with Crippen LogP contribution in [-0.4, -0.2) is 32.1 Å². The lowest BCUT2D eigenvalue weighted by Gasteiger charge is -2.06. The zero-order valence-corrected chi connectivity index (χ0v) is 10.4. The quantitative estimate of drug-likeness (QED) is 0.701. The zero-order valence-electron chi connectivity index (χ0n) is 10.4. The van der Waals surface area contributed by atoms with Gasteiger partial charge in [0, 0.05) is 10.8 Å². The number of fused-ring (bicyclic) bond motifs is 3. The number of benzene rings is 1. The van der Waals surface area contributed by atoms with Crippen molar-refractivity contribution < 1.29 is 24.2 Å². The van der Waals surface area contributed by atoms with Crippen LogP contribution in [0.25, 0.3) is 21.8 Å². The Morgan fingerprint density at radius 1 is 0.905 bits per heavy atom. The molecule has 7 heteroatoms. The number of aromatic carboxylic acids is 2. The Bertz CT molecular complexity index is 924. The van der Waals surface area contributed by atoms with E-state index in [9.17, 15) is 14.0 Å². The Hall–Kier alpha value is -3.09. The average molecular weight is 286 g/mol. The van der Waals surface area contributed by atoms with Crippen molar-refractivity contribution in [2.24, 2.45) is 0 Å². The van der Waals surface area contributed by atoms with Crippen LogP contribution in [-0.2, 0) is 0 Å². The van der Waals surface area contributed by atoms with Crippen LogP contribution in [0.2, 0.25) is 0 Å². The number of hydrogen-bond donors (Lipinski definition) is 2. The molecule has 3 rings (SSSR count). The smallest absolute Gasteiger partial charge is 0.354 e. The highest BCUT2D eigenvalue weighted by Crippen LogP contribution is 2.26. The molecule has 0 spiro atoms. The Morgan fingerprint density at radius 3 is 2.10 bits per heavy atom. The SMILES string of the molecule is O=C(O)c1ccc2cc(F)c3ccc(C(=O)O)nc3c2n1. The second-order valence-electron chi connectivity index (χ2n) is 4.33. The van der Waals surface area contributed by atoms with Crippen LogP contribution in [0.4, 0.5) is 4.39 Å². The van der Waals surface area contributed by atoms with Crippen LogP contribution < -0.4 is 0 Å². The van der Waals surface area contributed by atoms with E-state index in [-0.39, 0.29) is 27.8 Å². The van der Waals surface area contributed by atoms with Gasteiger partial charge in [0.2, 0.25) is 0 Å². The summed E-state index contributed by atoms with van der Waals surface area (Å²) in [6.45, 7) is 0. The molecule has 21 heavy (non-hydrogen) atoms. The number of carboxylic acids is 2. The molecule has 0 aliphatic carbocycles. The largest absolute Gasteiger partial charge is 0.477 e. The highest BCUT2D eigenvalue weighted by atomic mass is 19.1. The van der Waals surface area contributed by atoms with E-state index in [0.717, 1.165) is 0 Å². The molecule has 3 aromatic rings.